The smallest absolute Gasteiger partial charge is 0.511 e. The van der Waals surface area contributed by atoms with Crippen molar-refractivity contribution in [3.63, 3.8) is 0 Å². The van der Waals surface area contributed by atoms with Crippen molar-refractivity contribution in [2.24, 2.45) is 9.98 Å². The fourth-order valence-electron chi connectivity index (χ4n) is 2.34. The second-order valence-electron chi connectivity index (χ2n) is 4.97. The van der Waals surface area contributed by atoms with Crippen LogP contribution in [-0.2, 0) is 4.46 Å². The Hall–Kier alpha value is -2.55. The molecular weight excluding hydrogens is 362 g/mol. The van der Waals surface area contributed by atoms with Gasteiger partial charge in [-0.2, -0.15) is 0 Å². The molecule has 0 saturated heterocycles. The van der Waals surface area contributed by atoms with Gasteiger partial charge in [0.2, 0.25) is 0 Å². The number of aliphatic imine (C=N–C) groups is 1. The van der Waals surface area contributed by atoms with Gasteiger partial charge in [-0.1, -0.05) is 41.9 Å². The molecule has 0 amide bonds. The van der Waals surface area contributed by atoms with Gasteiger partial charge in [-0.25, -0.2) is 10.1 Å². The fraction of sp³-hybridized carbons (Fsp3) is 0.125. The molecule has 2 aromatic rings. The summed E-state index contributed by atoms with van der Waals surface area (Å²) in [6, 6.07) is 15.1. The number of hydroxylamine groups is 2. The second-order valence-corrected chi connectivity index (χ2v) is 5.97. The number of hydrogen-bond donors (Lipinski definition) is 3. The third kappa shape index (κ3) is 4.96. The van der Waals surface area contributed by atoms with Crippen molar-refractivity contribution in [3.8, 4) is 0 Å². The Balaban J connectivity index is 0.000000511. The van der Waals surface area contributed by atoms with Crippen molar-refractivity contribution in [3.05, 3.63) is 69.7 Å². The molecule has 1 heterocycles. The van der Waals surface area contributed by atoms with Crippen molar-refractivity contribution < 1.29 is 19.3 Å². The molecule has 9 heteroatoms. The zero-order valence-electron chi connectivity index (χ0n) is 13.3. The first-order valence-electron chi connectivity index (χ1n) is 7.20. The Morgan fingerprint density at radius 2 is 1.84 bits per heavy atom. The minimum Gasteiger partial charge on any atom is -0.511 e. The molecule has 2 aromatic carbocycles. The first kappa shape index (κ1) is 18.8. The lowest BCUT2D eigenvalue weighted by atomic mass is 10.1. The maximum atomic E-state index is 10.5. The van der Waals surface area contributed by atoms with Gasteiger partial charge < -0.3 is 9.59 Å². The molecule has 1 aliphatic rings. The van der Waals surface area contributed by atoms with Gasteiger partial charge in [0.25, 0.3) is 0 Å². The maximum Gasteiger partial charge on any atom is 0.761 e. The molecule has 3 N–H and O–H groups in total. The van der Waals surface area contributed by atoms with Gasteiger partial charge in [0.15, 0.2) is 0 Å². The van der Waals surface area contributed by atoms with E-state index in [9.17, 15) is 5.21 Å². The van der Waals surface area contributed by atoms with Crippen molar-refractivity contribution in [1.29, 1.82) is 0 Å². The van der Waals surface area contributed by atoms with Gasteiger partial charge in [-0.15, -0.1) is 0 Å². The average Bonchev–Trinajstić information content (AvgIpc) is 2.70. The number of rotatable bonds is 1. The van der Waals surface area contributed by atoms with Crippen LogP contribution in [0.5, 0.6) is 0 Å². The highest BCUT2D eigenvalue weighted by Crippen LogP contribution is 2.15. The summed E-state index contributed by atoms with van der Waals surface area (Å²) in [5.74, 6) is 0.562. The monoisotopic (exact) mass is 377 g/mol. The summed E-state index contributed by atoms with van der Waals surface area (Å²) in [7, 11) is -1.47. The van der Waals surface area contributed by atoms with Gasteiger partial charge in [-0.05, 0) is 18.2 Å². The molecule has 25 heavy (non-hydrogen) atoms. The summed E-state index contributed by atoms with van der Waals surface area (Å²) in [4.78, 5) is 22.9. The van der Waals surface area contributed by atoms with E-state index < -0.39 is 9.17 Å². The quantitative estimate of drug-likeness (QED) is 0.617. The lowest BCUT2D eigenvalue weighted by Gasteiger charge is -2.19. The maximum absolute atomic E-state index is 10.5. The highest BCUT2D eigenvalue weighted by molar-refractivity contribution is 6.30. The van der Waals surface area contributed by atoms with Crippen LogP contribution in [0.25, 0.3) is 5.70 Å². The van der Waals surface area contributed by atoms with Crippen molar-refractivity contribution >= 4 is 32.3 Å². The third-order valence-corrected chi connectivity index (χ3v) is 3.55. The van der Waals surface area contributed by atoms with Crippen LogP contribution in [0.2, 0.25) is 5.02 Å². The number of halogens is 1. The number of hydrogen-bond acceptors (Lipinski definition) is 4. The lowest BCUT2D eigenvalue weighted by Crippen LogP contribution is -2.31. The van der Waals surface area contributed by atoms with E-state index in [0.29, 0.717) is 16.6 Å². The first-order valence-corrected chi connectivity index (χ1v) is 8.88. The van der Waals surface area contributed by atoms with E-state index in [1.807, 2.05) is 42.5 Å². The van der Waals surface area contributed by atoms with E-state index in [-0.39, 0.29) is 6.54 Å². The van der Waals surface area contributed by atoms with Crippen LogP contribution in [-0.4, -0.2) is 48.5 Å². The highest BCUT2D eigenvalue weighted by Gasteiger charge is 2.17. The standard InChI is InChI=1S/C16H14ClN3O.H2O3Si/c1-18-15-10-20(21)16(11-5-3-2-4-6-11)13-9-12(17)7-8-14(13)19-15;1-4(2)3/h2-9,21H,10H2,1H3;1-2H. The van der Waals surface area contributed by atoms with Crippen molar-refractivity contribution in [2.75, 3.05) is 13.6 Å². The van der Waals surface area contributed by atoms with Gasteiger partial charge in [0.05, 0.1) is 11.1 Å². The molecule has 0 saturated carbocycles. The molecular formula is C16H16ClN3O4Si. The van der Waals surface area contributed by atoms with Gasteiger partial charge in [0, 0.05) is 22.9 Å². The first-order chi connectivity index (χ1) is 11.9. The predicted octanol–water partition coefficient (Wildman–Crippen LogP) is 0.236. The Bertz CT molecular complexity index is 915. The van der Waals surface area contributed by atoms with E-state index >= 15 is 0 Å². The topological polar surface area (TPSA) is 106 Å². The van der Waals surface area contributed by atoms with E-state index in [4.69, 9.17) is 25.7 Å². The lowest BCUT2D eigenvalue weighted by molar-refractivity contribution is -0.0119. The zero-order valence-corrected chi connectivity index (χ0v) is 15.1. The van der Waals surface area contributed by atoms with Crippen LogP contribution in [0.15, 0.2) is 58.5 Å². The molecule has 0 radical (unpaired) electrons. The summed E-state index contributed by atoms with van der Waals surface area (Å²) < 4.78 is 8.74. The molecule has 0 bridgehead atoms. The van der Waals surface area contributed by atoms with Crippen molar-refractivity contribution in [1.82, 2.24) is 5.06 Å². The number of benzene rings is 2. The number of amidine groups is 1. The molecule has 7 nitrogen and oxygen atoms in total. The molecule has 0 spiro atoms. The van der Waals surface area contributed by atoms with E-state index in [1.165, 1.54) is 5.06 Å². The largest absolute Gasteiger partial charge is 0.761 e. The Kier molecular flexibility index (Phi) is 6.40. The average molecular weight is 378 g/mol. The van der Waals surface area contributed by atoms with Gasteiger partial charge in [0.1, 0.15) is 12.4 Å². The summed E-state index contributed by atoms with van der Waals surface area (Å²) in [5, 5.41) is 13.8. The van der Waals surface area contributed by atoms with Crippen LogP contribution >= 0.6 is 11.6 Å². The van der Waals surface area contributed by atoms with Crippen LogP contribution in [0.4, 0.5) is 0 Å². The Morgan fingerprint density at radius 3 is 2.44 bits per heavy atom. The minimum atomic E-state index is -3.13. The molecule has 3 rings (SSSR count). The van der Waals surface area contributed by atoms with Crippen LogP contribution in [0.1, 0.15) is 5.56 Å². The summed E-state index contributed by atoms with van der Waals surface area (Å²) in [5.41, 5.74) is 1.58. The predicted molar refractivity (Wildman–Crippen MR) is 93.9 cm³/mol. The second kappa shape index (κ2) is 8.52. The molecule has 0 aliphatic carbocycles. The van der Waals surface area contributed by atoms with E-state index in [1.54, 1.807) is 13.1 Å². The molecule has 130 valence electrons. The van der Waals surface area contributed by atoms with Crippen molar-refractivity contribution in [2.45, 2.75) is 0 Å². The van der Waals surface area contributed by atoms with Crippen LogP contribution in [0, 0.1) is 0 Å². The van der Waals surface area contributed by atoms with Gasteiger partial charge >= 0.3 is 9.17 Å². The normalized spacial score (nSPS) is 14.8. The summed E-state index contributed by atoms with van der Waals surface area (Å²) >= 11 is 6.12. The fourth-order valence-corrected chi connectivity index (χ4v) is 2.52. The number of fused-ring (bicyclic) bond motifs is 1. The van der Waals surface area contributed by atoms with E-state index in [0.717, 1.165) is 16.1 Å². The molecule has 1 aliphatic heterocycles. The SMILES string of the molecule is CN=C1CN(O)C(c2ccccc2)=c2cc(Cl)ccc2=N1.O=[Si](O)O. The van der Waals surface area contributed by atoms with E-state index in [2.05, 4.69) is 9.98 Å². The third-order valence-electron chi connectivity index (χ3n) is 3.32. The highest BCUT2D eigenvalue weighted by atomic mass is 35.5. The Labute approximate surface area is 150 Å². The minimum absolute atomic E-state index is 0.229. The molecule has 0 fully saturated rings. The zero-order chi connectivity index (χ0) is 18.4. The summed E-state index contributed by atoms with van der Waals surface area (Å²) in [6.45, 7) is 0.229. The summed E-state index contributed by atoms with van der Waals surface area (Å²) in [6.07, 6.45) is 0. The van der Waals surface area contributed by atoms with Gasteiger partial charge in [-0.3, -0.25) is 14.7 Å². The molecule has 0 unspecified atom stereocenters. The van der Waals surface area contributed by atoms with Crippen LogP contribution < -0.4 is 10.6 Å². The Morgan fingerprint density at radius 1 is 1.20 bits per heavy atom. The molecule has 0 aromatic heterocycles. The molecule has 0 atom stereocenters. The van der Waals surface area contributed by atoms with Crippen LogP contribution in [0.3, 0.4) is 0 Å². The number of nitrogens with zero attached hydrogens (tertiary/aromatic N) is 3.